The van der Waals surface area contributed by atoms with Crippen LogP contribution in [0, 0.1) is 13.8 Å². The second-order valence-electron chi connectivity index (χ2n) is 8.15. The van der Waals surface area contributed by atoms with Gasteiger partial charge in [-0.05, 0) is 85.7 Å². The van der Waals surface area contributed by atoms with Crippen LogP contribution in [-0.4, -0.2) is 10.1 Å². The summed E-state index contributed by atoms with van der Waals surface area (Å²) in [5, 5.41) is 5.04. The Kier molecular flexibility index (Phi) is 5.87. The number of aromatic nitrogens is 1. The van der Waals surface area contributed by atoms with Crippen LogP contribution in [0.5, 0.6) is 0 Å². The van der Waals surface area contributed by atoms with E-state index in [4.69, 9.17) is 39.8 Å². The van der Waals surface area contributed by atoms with Crippen molar-refractivity contribution in [2.24, 2.45) is 0 Å². The highest BCUT2D eigenvalue weighted by atomic mass is 35.5. The fourth-order valence-corrected chi connectivity index (χ4v) is 5.10. The summed E-state index contributed by atoms with van der Waals surface area (Å²) < 4.78 is 6.39. The fourth-order valence-electron chi connectivity index (χ4n) is 4.36. The largest absolute Gasteiger partial charge is 0.459 e. The van der Waals surface area contributed by atoms with Crippen molar-refractivity contribution in [2.75, 3.05) is 4.90 Å². The second kappa shape index (κ2) is 8.82. The van der Waals surface area contributed by atoms with Gasteiger partial charge >= 0.3 is 0 Å². The van der Waals surface area contributed by atoms with Gasteiger partial charge in [0.1, 0.15) is 17.6 Å². The summed E-state index contributed by atoms with van der Waals surface area (Å²) in [6.07, 6.45) is 1.79. The molecule has 3 heterocycles. The molecule has 0 saturated carbocycles. The average molecular weight is 494 g/mol. The first-order valence-corrected chi connectivity index (χ1v) is 11.7. The number of hydrogen-bond donors (Lipinski definition) is 1. The molecule has 166 valence electrons. The van der Waals surface area contributed by atoms with E-state index in [9.17, 15) is 0 Å². The second-order valence-corrected chi connectivity index (χ2v) is 9.32. The summed E-state index contributed by atoms with van der Waals surface area (Å²) in [6, 6.07) is 21.3. The van der Waals surface area contributed by atoms with E-state index in [-0.39, 0.29) is 12.1 Å². The molecule has 1 aliphatic heterocycles. The molecule has 5 rings (SSSR count). The van der Waals surface area contributed by atoms with Crippen LogP contribution in [0.4, 0.5) is 5.69 Å². The van der Waals surface area contributed by atoms with Gasteiger partial charge in [0.25, 0.3) is 0 Å². The summed E-state index contributed by atoms with van der Waals surface area (Å²) in [6.45, 7) is 4.17. The van der Waals surface area contributed by atoms with Crippen LogP contribution in [0.25, 0.3) is 11.3 Å². The van der Waals surface area contributed by atoms with Gasteiger partial charge in [-0.3, -0.25) is 4.98 Å². The number of thiocarbonyl (C=S) groups is 1. The highest BCUT2D eigenvalue weighted by Gasteiger charge is 2.42. The molecular formula is C26H21Cl2N3OS. The smallest absolute Gasteiger partial charge is 0.174 e. The minimum atomic E-state index is -0.236. The molecule has 0 spiro atoms. The van der Waals surface area contributed by atoms with Crippen LogP contribution in [0.3, 0.4) is 0 Å². The van der Waals surface area contributed by atoms with Crippen LogP contribution in [0.1, 0.15) is 34.7 Å². The molecule has 0 unspecified atom stereocenters. The number of aryl methyl sites for hydroxylation is 2. The zero-order chi connectivity index (χ0) is 23.1. The Morgan fingerprint density at radius 2 is 1.76 bits per heavy atom. The normalized spacial score (nSPS) is 17.9. The molecule has 0 bridgehead atoms. The first-order chi connectivity index (χ1) is 15.9. The molecule has 1 aliphatic rings. The van der Waals surface area contributed by atoms with Crippen LogP contribution in [0.15, 0.2) is 77.3 Å². The Bertz CT molecular complexity index is 1320. The topological polar surface area (TPSA) is 41.3 Å². The first kappa shape index (κ1) is 22.0. The van der Waals surface area contributed by atoms with Gasteiger partial charge in [-0.2, -0.15) is 0 Å². The van der Waals surface area contributed by atoms with Crippen molar-refractivity contribution >= 4 is 46.2 Å². The number of rotatable bonds is 4. The van der Waals surface area contributed by atoms with Gasteiger partial charge in [0.2, 0.25) is 0 Å². The summed E-state index contributed by atoms with van der Waals surface area (Å²) >= 11 is 18.5. The van der Waals surface area contributed by atoms with E-state index in [0.29, 0.717) is 20.9 Å². The summed E-state index contributed by atoms with van der Waals surface area (Å²) in [5.41, 5.74) is 4.97. The molecule has 0 aliphatic carbocycles. The zero-order valence-corrected chi connectivity index (χ0v) is 20.4. The van der Waals surface area contributed by atoms with E-state index >= 15 is 0 Å². The monoisotopic (exact) mass is 493 g/mol. The maximum atomic E-state index is 6.46. The Morgan fingerprint density at radius 3 is 2.48 bits per heavy atom. The SMILES string of the molecule is Cc1cc(C)cc(N2C(=S)N[C@@H](c3ccccn3)[C@H]2c2ccc(-c3cccc(Cl)c3Cl)o2)c1. The zero-order valence-electron chi connectivity index (χ0n) is 18.0. The summed E-state index contributed by atoms with van der Waals surface area (Å²) in [4.78, 5) is 6.70. The number of pyridine rings is 1. The van der Waals surface area contributed by atoms with Gasteiger partial charge < -0.3 is 14.6 Å². The molecular weight excluding hydrogens is 473 g/mol. The molecule has 2 atom stereocenters. The molecule has 1 N–H and O–H groups in total. The molecule has 33 heavy (non-hydrogen) atoms. The average Bonchev–Trinajstić information content (AvgIpc) is 3.40. The van der Waals surface area contributed by atoms with Crippen molar-refractivity contribution in [3.63, 3.8) is 0 Å². The predicted molar refractivity (Wildman–Crippen MR) is 138 cm³/mol. The van der Waals surface area contributed by atoms with Crippen molar-refractivity contribution in [3.05, 3.63) is 106 Å². The Hall–Kier alpha value is -2.86. The molecule has 4 aromatic rings. The van der Waals surface area contributed by atoms with E-state index in [0.717, 1.165) is 22.7 Å². The number of anilines is 1. The van der Waals surface area contributed by atoms with Crippen LogP contribution in [-0.2, 0) is 0 Å². The van der Waals surface area contributed by atoms with Crippen molar-refractivity contribution in [3.8, 4) is 11.3 Å². The lowest BCUT2D eigenvalue weighted by Crippen LogP contribution is -2.29. The summed E-state index contributed by atoms with van der Waals surface area (Å²) in [5.74, 6) is 1.40. The highest BCUT2D eigenvalue weighted by Crippen LogP contribution is 2.44. The third-order valence-corrected chi connectivity index (χ3v) is 6.85. The lowest BCUT2D eigenvalue weighted by atomic mass is 10.0. The van der Waals surface area contributed by atoms with Crippen LogP contribution >= 0.6 is 35.4 Å². The van der Waals surface area contributed by atoms with Gasteiger partial charge in [0.05, 0.1) is 21.8 Å². The minimum Gasteiger partial charge on any atom is -0.459 e. The van der Waals surface area contributed by atoms with Gasteiger partial charge in [0.15, 0.2) is 5.11 Å². The van der Waals surface area contributed by atoms with E-state index in [1.54, 1.807) is 12.3 Å². The van der Waals surface area contributed by atoms with Gasteiger partial charge in [-0.15, -0.1) is 0 Å². The highest BCUT2D eigenvalue weighted by molar-refractivity contribution is 7.80. The Morgan fingerprint density at radius 1 is 0.970 bits per heavy atom. The maximum absolute atomic E-state index is 6.46. The molecule has 4 nitrogen and oxygen atoms in total. The third-order valence-electron chi connectivity index (χ3n) is 5.72. The number of benzene rings is 2. The Balaban J connectivity index is 1.63. The molecule has 2 aromatic heterocycles. The van der Waals surface area contributed by atoms with Crippen molar-refractivity contribution in [2.45, 2.75) is 25.9 Å². The number of hydrogen-bond acceptors (Lipinski definition) is 3. The van der Waals surface area contributed by atoms with Crippen molar-refractivity contribution in [1.82, 2.24) is 10.3 Å². The molecule has 2 aromatic carbocycles. The lowest BCUT2D eigenvalue weighted by Gasteiger charge is -2.26. The van der Waals surface area contributed by atoms with Crippen molar-refractivity contribution in [1.29, 1.82) is 0 Å². The minimum absolute atomic E-state index is 0.187. The van der Waals surface area contributed by atoms with E-state index in [1.807, 2.05) is 42.5 Å². The van der Waals surface area contributed by atoms with E-state index in [1.165, 1.54) is 11.1 Å². The molecule has 7 heteroatoms. The third kappa shape index (κ3) is 4.12. The molecule has 1 saturated heterocycles. The number of furan rings is 1. The van der Waals surface area contributed by atoms with E-state index in [2.05, 4.69) is 47.2 Å². The fraction of sp³-hybridized carbons (Fsp3) is 0.154. The number of nitrogens with one attached hydrogen (secondary N) is 1. The molecule has 0 radical (unpaired) electrons. The Labute approximate surface area is 208 Å². The van der Waals surface area contributed by atoms with Gasteiger partial charge in [0, 0.05) is 17.4 Å². The molecule has 1 fully saturated rings. The van der Waals surface area contributed by atoms with Gasteiger partial charge in [-0.25, -0.2) is 0 Å². The predicted octanol–water partition coefficient (Wildman–Crippen LogP) is 7.44. The van der Waals surface area contributed by atoms with E-state index < -0.39 is 0 Å². The lowest BCUT2D eigenvalue weighted by molar-refractivity contribution is 0.439. The molecule has 0 amide bonds. The van der Waals surface area contributed by atoms with Gasteiger partial charge in [-0.1, -0.05) is 41.4 Å². The first-order valence-electron chi connectivity index (χ1n) is 10.6. The van der Waals surface area contributed by atoms with Crippen LogP contribution < -0.4 is 10.2 Å². The van der Waals surface area contributed by atoms with Crippen LogP contribution in [0.2, 0.25) is 10.0 Å². The maximum Gasteiger partial charge on any atom is 0.174 e. The number of halogens is 2. The van der Waals surface area contributed by atoms with Crippen molar-refractivity contribution < 1.29 is 4.42 Å². The number of nitrogens with zero attached hydrogens (tertiary/aromatic N) is 2. The standard InChI is InChI=1S/C26H21Cl2N3OS/c1-15-12-16(2)14-17(13-15)31-25(24(30-26(31)33)20-8-3-4-11-29-20)22-10-9-21(32-22)18-6-5-7-19(27)23(18)28/h3-14,24-25H,1-2H3,(H,30,33)/t24-,25+/m0/s1. The summed E-state index contributed by atoms with van der Waals surface area (Å²) in [7, 11) is 0. The quantitative estimate of drug-likeness (QED) is 0.299.